The third kappa shape index (κ3) is 3.39. The predicted molar refractivity (Wildman–Crippen MR) is 83.1 cm³/mol. The Morgan fingerprint density at radius 3 is 3.00 bits per heavy atom. The van der Waals surface area contributed by atoms with Crippen molar-refractivity contribution in [1.29, 1.82) is 0 Å². The van der Waals surface area contributed by atoms with Gasteiger partial charge in [0, 0.05) is 19.2 Å². The Balaban J connectivity index is 1.76. The van der Waals surface area contributed by atoms with Crippen LogP contribution < -0.4 is 0 Å². The zero-order valence-electron chi connectivity index (χ0n) is 13.6. The molecule has 0 radical (unpaired) electrons. The molecule has 1 fully saturated rings. The number of amides is 2. The van der Waals surface area contributed by atoms with Crippen LogP contribution in [-0.4, -0.2) is 51.3 Å². The Morgan fingerprint density at radius 1 is 1.39 bits per heavy atom. The van der Waals surface area contributed by atoms with E-state index in [4.69, 9.17) is 4.84 Å². The molecule has 0 N–H and O–H groups in total. The zero-order chi connectivity index (χ0) is 16.2. The van der Waals surface area contributed by atoms with E-state index in [-0.39, 0.29) is 11.8 Å². The Labute approximate surface area is 136 Å². The number of hydroxylamine groups is 2. The summed E-state index contributed by atoms with van der Waals surface area (Å²) in [7, 11) is 0. The topological polar surface area (TPSA) is 67.7 Å². The average molecular weight is 320 g/mol. The highest BCUT2D eigenvalue weighted by Gasteiger charge is 2.36. The van der Waals surface area contributed by atoms with E-state index in [0.717, 1.165) is 31.4 Å². The van der Waals surface area contributed by atoms with Crippen LogP contribution in [0.1, 0.15) is 50.8 Å². The van der Waals surface area contributed by atoms with Gasteiger partial charge in [-0.25, -0.2) is 5.06 Å². The smallest absolute Gasteiger partial charge is 0.272 e. The first-order valence-electron chi connectivity index (χ1n) is 8.45. The summed E-state index contributed by atoms with van der Waals surface area (Å²) in [5.74, 6) is -0.000644. The first kappa shape index (κ1) is 16.0. The van der Waals surface area contributed by atoms with Gasteiger partial charge in [-0.05, 0) is 25.3 Å². The molecule has 0 bridgehead atoms. The highest BCUT2D eigenvalue weighted by Crippen LogP contribution is 2.24. The normalized spacial score (nSPS) is 21.2. The second-order valence-electron chi connectivity index (χ2n) is 6.14. The number of hydrogen-bond acceptors (Lipinski definition) is 4. The Bertz CT molecular complexity index is 565. The van der Waals surface area contributed by atoms with Crippen molar-refractivity contribution in [3.05, 3.63) is 18.0 Å². The third-order valence-corrected chi connectivity index (χ3v) is 4.42. The molecule has 3 heterocycles. The van der Waals surface area contributed by atoms with Crippen molar-refractivity contribution < 1.29 is 14.4 Å². The molecule has 3 rings (SSSR count). The molecule has 1 aromatic rings. The molecule has 1 atom stereocenters. The van der Waals surface area contributed by atoms with Crippen LogP contribution in [0.4, 0.5) is 0 Å². The van der Waals surface area contributed by atoms with Crippen molar-refractivity contribution in [3.63, 3.8) is 0 Å². The van der Waals surface area contributed by atoms with Crippen molar-refractivity contribution in [2.75, 3.05) is 19.7 Å². The quantitative estimate of drug-likeness (QED) is 0.843. The van der Waals surface area contributed by atoms with Crippen LogP contribution in [0.5, 0.6) is 0 Å². The van der Waals surface area contributed by atoms with Gasteiger partial charge in [-0.3, -0.25) is 19.1 Å². The minimum Gasteiger partial charge on any atom is -0.334 e. The first-order chi connectivity index (χ1) is 11.2. The van der Waals surface area contributed by atoms with Crippen molar-refractivity contribution >= 4 is 11.8 Å². The molecule has 0 saturated carbocycles. The molecule has 23 heavy (non-hydrogen) atoms. The summed E-state index contributed by atoms with van der Waals surface area (Å²) in [6.45, 7) is 4.14. The molecule has 126 valence electrons. The third-order valence-electron chi connectivity index (χ3n) is 4.42. The minimum absolute atomic E-state index is 0.108. The number of carbonyl (C=O) groups is 2. The van der Waals surface area contributed by atoms with Gasteiger partial charge in [-0.1, -0.05) is 13.3 Å². The first-order valence-corrected chi connectivity index (χ1v) is 8.45. The summed E-state index contributed by atoms with van der Waals surface area (Å²) in [6, 6.07) is 1.38. The van der Waals surface area contributed by atoms with Gasteiger partial charge in [-0.15, -0.1) is 0 Å². The van der Waals surface area contributed by atoms with E-state index in [0.29, 0.717) is 32.7 Å². The molecule has 1 saturated heterocycles. The van der Waals surface area contributed by atoms with Crippen molar-refractivity contribution in [1.82, 2.24) is 19.7 Å². The second kappa shape index (κ2) is 7.12. The molecule has 2 amide bonds. The van der Waals surface area contributed by atoms with Gasteiger partial charge in [-0.2, -0.15) is 5.10 Å². The van der Waals surface area contributed by atoms with Crippen molar-refractivity contribution in [2.24, 2.45) is 0 Å². The second-order valence-corrected chi connectivity index (χ2v) is 6.14. The van der Waals surface area contributed by atoms with Gasteiger partial charge in [0.05, 0.1) is 25.4 Å². The van der Waals surface area contributed by atoms with Crippen LogP contribution in [0.25, 0.3) is 0 Å². The summed E-state index contributed by atoms with van der Waals surface area (Å²) < 4.78 is 1.74. The summed E-state index contributed by atoms with van der Waals surface area (Å²) >= 11 is 0. The monoisotopic (exact) mass is 320 g/mol. The maximum atomic E-state index is 12.8. The molecule has 2 aliphatic heterocycles. The van der Waals surface area contributed by atoms with Crippen molar-refractivity contribution in [3.8, 4) is 0 Å². The minimum atomic E-state index is -0.488. The van der Waals surface area contributed by atoms with Crippen molar-refractivity contribution in [2.45, 2.75) is 51.6 Å². The highest BCUT2D eigenvalue weighted by molar-refractivity contribution is 5.82. The van der Waals surface area contributed by atoms with E-state index in [1.165, 1.54) is 5.06 Å². The maximum Gasteiger partial charge on any atom is 0.272 e. The Morgan fingerprint density at radius 2 is 2.26 bits per heavy atom. The summed E-state index contributed by atoms with van der Waals surface area (Å²) in [5, 5.41) is 5.73. The molecule has 1 aromatic heterocycles. The molecular weight excluding hydrogens is 296 g/mol. The molecule has 7 heteroatoms. The highest BCUT2D eigenvalue weighted by atomic mass is 16.7. The van der Waals surface area contributed by atoms with Gasteiger partial charge in [0.1, 0.15) is 0 Å². The van der Waals surface area contributed by atoms with Gasteiger partial charge in [0.25, 0.3) is 5.91 Å². The molecule has 0 spiro atoms. The number of hydrogen-bond donors (Lipinski definition) is 0. The molecule has 0 aliphatic carbocycles. The van der Waals surface area contributed by atoms with E-state index >= 15 is 0 Å². The predicted octanol–water partition coefficient (Wildman–Crippen LogP) is 1.51. The number of fused-ring (bicyclic) bond motifs is 1. The number of carbonyl (C=O) groups excluding carboxylic acids is 2. The zero-order valence-corrected chi connectivity index (χ0v) is 13.6. The van der Waals surface area contributed by atoms with Gasteiger partial charge in [0.15, 0.2) is 6.04 Å². The number of unbranched alkanes of at least 4 members (excludes halogenated alkanes) is 1. The number of rotatable bonds is 4. The van der Waals surface area contributed by atoms with Crippen LogP contribution in [0.15, 0.2) is 12.3 Å². The van der Waals surface area contributed by atoms with Gasteiger partial charge >= 0.3 is 0 Å². The fourth-order valence-corrected chi connectivity index (χ4v) is 3.09. The molecule has 0 unspecified atom stereocenters. The Kier molecular flexibility index (Phi) is 4.95. The van der Waals surface area contributed by atoms with Gasteiger partial charge in [0.2, 0.25) is 5.91 Å². The Hall–Kier alpha value is -1.89. The van der Waals surface area contributed by atoms with Crippen LogP contribution in [0.3, 0.4) is 0 Å². The fraction of sp³-hybridized carbons (Fsp3) is 0.688. The van der Waals surface area contributed by atoms with E-state index in [1.807, 2.05) is 6.07 Å². The summed E-state index contributed by atoms with van der Waals surface area (Å²) in [4.78, 5) is 32.4. The van der Waals surface area contributed by atoms with Gasteiger partial charge < -0.3 is 4.90 Å². The number of nitrogens with zero attached hydrogens (tertiary/aromatic N) is 4. The summed E-state index contributed by atoms with van der Waals surface area (Å²) in [6.07, 6.45) is 6.01. The van der Waals surface area contributed by atoms with Crippen LogP contribution >= 0.6 is 0 Å². The lowest BCUT2D eigenvalue weighted by Gasteiger charge is -2.36. The van der Waals surface area contributed by atoms with Crippen LogP contribution in [0, 0.1) is 0 Å². The summed E-state index contributed by atoms with van der Waals surface area (Å²) in [5.41, 5.74) is 0.899. The maximum absolute atomic E-state index is 12.8. The van der Waals surface area contributed by atoms with Crippen LogP contribution in [-0.2, 0) is 21.0 Å². The lowest BCUT2D eigenvalue weighted by molar-refractivity contribution is -0.201. The molecule has 2 aliphatic rings. The lowest BCUT2D eigenvalue weighted by atomic mass is 10.1. The largest absolute Gasteiger partial charge is 0.334 e. The molecular formula is C16H24N4O3. The molecule has 0 aromatic carbocycles. The van der Waals surface area contributed by atoms with E-state index in [9.17, 15) is 9.59 Å². The SMILES string of the molecule is CCCCC(=O)N1Cc2ccnn2[C@H](C(=O)N2CCCCO2)C1. The number of aromatic nitrogens is 2. The van der Waals surface area contributed by atoms with Crippen LogP contribution in [0.2, 0.25) is 0 Å². The van der Waals surface area contributed by atoms with E-state index < -0.39 is 6.04 Å². The lowest BCUT2D eigenvalue weighted by Crippen LogP contribution is -2.49. The average Bonchev–Trinajstić information content (AvgIpc) is 3.07. The van der Waals surface area contributed by atoms with E-state index in [2.05, 4.69) is 12.0 Å². The fourth-order valence-electron chi connectivity index (χ4n) is 3.09. The molecule has 7 nitrogen and oxygen atoms in total. The standard InChI is InChI=1S/C16H24N4O3/c1-2-3-6-15(21)18-11-13-7-8-17-20(13)14(12-18)16(22)19-9-4-5-10-23-19/h7-8,14H,2-6,9-12H2,1H3/t14-/m0/s1. The van der Waals surface area contributed by atoms with E-state index in [1.54, 1.807) is 15.8 Å².